The highest BCUT2D eigenvalue weighted by atomic mass is 16.5. The van der Waals surface area contributed by atoms with Gasteiger partial charge in [-0.15, -0.1) is 0 Å². The Morgan fingerprint density at radius 1 is 0.957 bits per heavy atom. The van der Waals surface area contributed by atoms with Gasteiger partial charge in [0.05, 0.1) is 11.4 Å². The van der Waals surface area contributed by atoms with Crippen LogP contribution in [0.1, 0.15) is 36.2 Å². The molecular formula is C20H17NO2. The molecule has 23 heavy (non-hydrogen) atoms. The topological polar surface area (TPSA) is 38.7 Å². The summed E-state index contributed by atoms with van der Waals surface area (Å²) in [6.45, 7) is 4.01. The number of ether oxygens (including phenoxy) is 1. The number of aliphatic imine (C=N–C) groups is 1. The summed E-state index contributed by atoms with van der Waals surface area (Å²) in [5.74, 6) is 0.427. The van der Waals surface area contributed by atoms with Gasteiger partial charge in [0, 0.05) is 23.1 Å². The average molecular weight is 303 g/mol. The van der Waals surface area contributed by atoms with Gasteiger partial charge in [0.1, 0.15) is 5.60 Å². The Balaban J connectivity index is 1.94. The number of ketones is 1. The van der Waals surface area contributed by atoms with E-state index in [0.29, 0.717) is 17.7 Å². The lowest BCUT2D eigenvalue weighted by Gasteiger charge is -2.19. The maximum atomic E-state index is 12.7. The minimum absolute atomic E-state index is 0.0341. The highest BCUT2D eigenvalue weighted by Gasteiger charge is 2.42. The molecule has 3 nitrogen and oxygen atoms in total. The Morgan fingerprint density at radius 2 is 1.61 bits per heavy atom. The van der Waals surface area contributed by atoms with Crippen molar-refractivity contribution in [2.75, 3.05) is 0 Å². The van der Waals surface area contributed by atoms with E-state index in [2.05, 4.69) is 0 Å². The van der Waals surface area contributed by atoms with Crippen molar-refractivity contribution in [2.24, 2.45) is 4.99 Å². The molecule has 2 aromatic carbocycles. The van der Waals surface area contributed by atoms with E-state index in [0.717, 1.165) is 22.5 Å². The summed E-state index contributed by atoms with van der Waals surface area (Å²) in [7, 11) is 0. The molecule has 114 valence electrons. The predicted molar refractivity (Wildman–Crippen MR) is 90.2 cm³/mol. The van der Waals surface area contributed by atoms with Gasteiger partial charge in [-0.25, -0.2) is 4.99 Å². The van der Waals surface area contributed by atoms with E-state index in [1.54, 1.807) is 0 Å². The lowest BCUT2D eigenvalue weighted by molar-refractivity contribution is 0.0510. The molecule has 1 heterocycles. The minimum Gasteiger partial charge on any atom is -0.483 e. The maximum Gasteiger partial charge on any atom is 0.228 e. The van der Waals surface area contributed by atoms with Crippen LogP contribution >= 0.6 is 0 Å². The third-order valence-electron chi connectivity index (χ3n) is 4.17. The van der Waals surface area contributed by atoms with E-state index >= 15 is 0 Å². The number of carbonyl (C=O) groups is 1. The molecule has 1 aliphatic carbocycles. The van der Waals surface area contributed by atoms with Gasteiger partial charge >= 0.3 is 0 Å². The zero-order valence-corrected chi connectivity index (χ0v) is 13.2. The van der Waals surface area contributed by atoms with Crippen molar-refractivity contribution in [1.82, 2.24) is 0 Å². The molecule has 0 saturated heterocycles. The lowest BCUT2D eigenvalue weighted by atomic mass is 9.85. The number of Topliss-reactive ketones (excluding diaryl/α,β-unsaturated/α-hetero) is 1. The van der Waals surface area contributed by atoms with Crippen LogP contribution in [-0.4, -0.2) is 17.1 Å². The third-order valence-corrected chi connectivity index (χ3v) is 4.17. The number of nitrogens with zero attached hydrogens (tertiary/aromatic N) is 1. The summed E-state index contributed by atoms with van der Waals surface area (Å²) in [5, 5.41) is 0. The van der Waals surface area contributed by atoms with Crippen molar-refractivity contribution >= 4 is 17.2 Å². The Morgan fingerprint density at radius 3 is 2.35 bits per heavy atom. The van der Waals surface area contributed by atoms with Crippen LogP contribution in [0.2, 0.25) is 0 Å². The molecule has 0 spiro atoms. The molecule has 0 amide bonds. The maximum absolute atomic E-state index is 12.7. The third kappa shape index (κ3) is 2.29. The Kier molecular flexibility index (Phi) is 2.98. The molecule has 0 fully saturated rings. The summed E-state index contributed by atoms with van der Waals surface area (Å²) < 4.78 is 5.94. The van der Waals surface area contributed by atoms with Crippen LogP contribution < -0.4 is 0 Å². The van der Waals surface area contributed by atoms with Crippen LogP contribution in [0.15, 0.2) is 70.9 Å². The van der Waals surface area contributed by atoms with Crippen LogP contribution in [0, 0.1) is 0 Å². The second kappa shape index (κ2) is 4.92. The van der Waals surface area contributed by atoms with E-state index in [1.165, 1.54) is 0 Å². The Hall–Kier alpha value is -2.68. The van der Waals surface area contributed by atoms with E-state index in [-0.39, 0.29) is 11.4 Å². The smallest absolute Gasteiger partial charge is 0.228 e. The van der Waals surface area contributed by atoms with Gasteiger partial charge in [-0.2, -0.15) is 0 Å². The number of allylic oxidation sites excluding steroid dienone is 1. The first-order valence-electron chi connectivity index (χ1n) is 7.75. The largest absolute Gasteiger partial charge is 0.483 e. The molecular weight excluding hydrogens is 286 g/mol. The molecule has 0 N–H and O–H groups in total. The van der Waals surface area contributed by atoms with Gasteiger partial charge in [-0.05, 0) is 26.0 Å². The highest BCUT2D eigenvalue weighted by Crippen LogP contribution is 2.41. The standard InChI is InChI=1S/C20H17NO2/c1-20(2)12-16-17(21-13-8-4-3-5-9-13)14-10-6-7-11-15(14)18(22)19(16)23-20/h3-11H,12H2,1-2H3. The first kappa shape index (κ1) is 13.9. The minimum atomic E-state index is -0.375. The summed E-state index contributed by atoms with van der Waals surface area (Å²) >= 11 is 0. The number of benzene rings is 2. The number of carbonyl (C=O) groups excluding carboxylic acids is 1. The van der Waals surface area contributed by atoms with E-state index in [4.69, 9.17) is 9.73 Å². The number of para-hydroxylation sites is 1. The molecule has 0 aromatic heterocycles. The number of hydrogen-bond donors (Lipinski definition) is 0. The van der Waals surface area contributed by atoms with Gasteiger partial charge in [0.15, 0.2) is 5.76 Å². The molecule has 0 radical (unpaired) electrons. The lowest BCUT2D eigenvalue weighted by Crippen LogP contribution is -2.21. The fourth-order valence-corrected chi connectivity index (χ4v) is 3.19. The molecule has 2 aliphatic rings. The molecule has 3 heteroatoms. The first-order chi connectivity index (χ1) is 11.1. The predicted octanol–water partition coefficient (Wildman–Crippen LogP) is 4.46. The zero-order chi connectivity index (χ0) is 16.0. The molecule has 4 rings (SSSR count). The summed E-state index contributed by atoms with van der Waals surface area (Å²) in [6, 6.07) is 17.4. The zero-order valence-electron chi connectivity index (χ0n) is 13.2. The summed E-state index contributed by atoms with van der Waals surface area (Å²) in [4.78, 5) is 17.6. The van der Waals surface area contributed by atoms with Crippen LogP contribution in [0.5, 0.6) is 0 Å². The molecule has 0 bridgehead atoms. The van der Waals surface area contributed by atoms with Crippen LogP contribution in [0.3, 0.4) is 0 Å². The van der Waals surface area contributed by atoms with E-state index in [9.17, 15) is 4.79 Å². The second-order valence-electron chi connectivity index (χ2n) is 6.52. The quantitative estimate of drug-likeness (QED) is 0.780. The Bertz CT molecular complexity index is 860. The number of rotatable bonds is 1. The molecule has 0 saturated carbocycles. The van der Waals surface area contributed by atoms with Crippen LogP contribution in [-0.2, 0) is 4.74 Å². The van der Waals surface area contributed by atoms with Crippen molar-refractivity contribution in [2.45, 2.75) is 25.9 Å². The van der Waals surface area contributed by atoms with Gasteiger partial charge in [-0.1, -0.05) is 42.5 Å². The molecule has 2 aromatic rings. The fraction of sp³-hybridized carbons (Fsp3) is 0.200. The molecule has 1 aliphatic heterocycles. The van der Waals surface area contributed by atoms with E-state index in [1.807, 2.05) is 68.4 Å². The van der Waals surface area contributed by atoms with Crippen LogP contribution in [0.25, 0.3) is 0 Å². The average Bonchev–Trinajstić information content (AvgIpc) is 2.88. The van der Waals surface area contributed by atoms with Crippen molar-refractivity contribution in [1.29, 1.82) is 0 Å². The second-order valence-corrected chi connectivity index (χ2v) is 6.52. The summed E-state index contributed by atoms with van der Waals surface area (Å²) in [5.41, 5.74) is 3.83. The van der Waals surface area contributed by atoms with Crippen LogP contribution in [0.4, 0.5) is 5.69 Å². The van der Waals surface area contributed by atoms with Crippen molar-refractivity contribution < 1.29 is 9.53 Å². The van der Waals surface area contributed by atoms with Gasteiger partial charge in [0.25, 0.3) is 0 Å². The van der Waals surface area contributed by atoms with Gasteiger partial charge in [-0.3, -0.25) is 4.79 Å². The first-order valence-corrected chi connectivity index (χ1v) is 7.75. The van der Waals surface area contributed by atoms with Crippen molar-refractivity contribution in [3.63, 3.8) is 0 Å². The van der Waals surface area contributed by atoms with Gasteiger partial charge in [0.2, 0.25) is 5.78 Å². The summed E-state index contributed by atoms with van der Waals surface area (Å²) in [6.07, 6.45) is 0.689. The number of fused-ring (bicyclic) bond motifs is 1. The van der Waals surface area contributed by atoms with Gasteiger partial charge < -0.3 is 4.74 Å². The fourth-order valence-electron chi connectivity index (χ4n) is 3.19. The van der Waals surface area contributed by atoms with Crippen molar-refractivity contribution in [3.05, 3.63) is 77.1 Å². The monoisotopic (exact) mass is 303 g/mol. The van der Waals surface area contributed by atoms with E-state index < -0.39 is 0 Å². The SMILES string of the molecule is CC1(C)CC2=C(O1)C(=O)c1ccccc1C2=Nc1ccccc1. The Labute approximate surface area is 135 Å². The molecule has 0 atom stereocenters. The van der Waals surface area contributed by atoms with Crippen molar-refractivity contribution in [3.8, 4) is 0 Å². The normalized spacial score (nSPS) is 20.3. The number of hydrogen-bond acceptors (Lipinski definition) is 3. The highest BCUT2D eigenvalue weighted by molar-refractivity contribution is 6.28. The molecule has 0 unspecified atom stereocenters.